The second kappa shape index (κ2) is 11.4. The number of nitrogens with zero attached hydrogens (tertiary/aromatic N) is 4. The van der Waals surface area contributed by atoms with Crippen molar-refractivity contribution in [2.45, 2.75) is 80.1 Å². The Morgan fingerprint density at radius 2 is 2.07 bits per heavy atom. The lowest BCUT2D eigenvalue weighted by atomic mass is 9.96. The van der Waals surface area contributed by atoms with Crippen LogP contribution in [0.2, 0.25) is 0 Å². The molecule has 0 radical (unpaired) electrons. The number of carbonyl (C=O) groups is 1. The van der Waals surface area contributed by atoms with Gasteiger partial charge >= 0.3 is 12.7 Å². The summed E-state index contributed by atoms with van der Waals surface area (Å²) in [6.07, 6.45) is 1.45. The highest BCUT2D eigenvalue weighted by Gasteiger charge is 2.54. The number of hydrogen-bond donors (Lipinski definition) is 4. The van der Waals surface area contributed by atoms with Crippen molar-refractivity contribution in [3.8, 4) is 5.88 Å². The fourth-order valence-corrected chi connectivity index (χ4v) is 9.56. The van der Waals surface area contributed by atoms with Gasteiger partial charge in [-0.25, -0.2) is 10.1 Å². The molecule has 5 N–H and O–H groups in total. The summed E-state index contributed by atoms with van der Waals surface area (Å²) in [5, 5.41) is 25.3. The van der Waals surface area contributed by atoms with Gasteiger partial charge in [-0.1, -0.05) is 18.2 Å². The molecule has 3 aliphatic rings. The Balaban J connectivity index is 1.22. The topological polar surface area (TPSA) is 193 Å². The van der Waals surface area contributed by atoms with Crippen molar-refractivity contribution >= 4 is 41.2 Å². The molecule has 2 aromatic heterocycles. The zero-order valence-electron chi connectivity index (χ0n) is 23.1. The fraction of sp³-hybridized carbons (Fsp3) is 0.538. The average molecular weight is 621 g/mol. The Morgan fingerprint density at radius 1 is 1.31 bits per heavy atom. The van der Waals surface area contributed by atoms with Crippen molar-refractivity contribution in [3.05, 3.63) is 36.2 Å². The maximum atomic E-state index is 14.1. The van der Waals surface area contributed by atoms with Crippen LogP contribution in [-0.2, 0) is 29.8 Å². The lowest BCUT2D eigenvalue weighted by Gasteiger charge is -2.27. The number of esters is 1. The van der Waals surface area contributed by atoms with Gasteiger partial charge in [-0.2, -0.15) is 9.97 Å². The molecule has 1 aliphatic carbocycles. The molecule has 2 fully saturated rings. The standard InChI is InChI=1S/C26H33N6O8PS/c1-26(35)20(33)17(40-24(26)32-13-28-19-21(32)29-25(27)30-22(19)37-2)12-38-41(36)31-16(23(34)39-15-8-4-5-9-15)11-14-7-3-6-10-18(14)42-41/h3,6-7,10,13,15-17,20,24,33,35H,4-5,8-9,11-12H2,1-2H3,(H,31,36)(H2,27,29,30)/t16?,17?,20-,24-,26-,41?/m1/s1. The molecular weight excluding hydrogens is 587 g/mol. The Hall–Kier alpha value is -2.78. The van der Waals surface area contributed by atoms with Crippen molar-refractivity contribution < 1.29 is 38.3 Å². The van der Waals surface area contributed by atoms with Gasteiger partial charge in [-0.15, -0.1) is 0 Å². The summed E-state index contributed by atoms with van der Waals surface area (Å²) >= 11 is 0.989. The Morgan fingerprint density at radius 3 is 2.83 bits per heavy atom. The molecule has 2 aliphatic heterocycles. The average Bonchev–Trinajstić information content (AvgIpc) is 3.64. The van der Waals surface area contributed by atoms with Crippen molar-refractivity contribution in [1.82, 2.24) is 24.6 Å². The molecule has 0 bridgehead atoms. The van der Waals surface area contributed by atoms with E-state index in [9.17, 15) is 19.6 Å². The number of benzene rings is 1. The number of aliphatic hydroxyl groups excluding tert-OH is 1. The highest BCUT2D eigenvalue weighted by atomic mass is 32.7. The van der Waals surface area contributed by atoms with Crippen molar-refractivity contribution in [3.63, 3.8) is 0 Å². The summed E-state index contributed by atoms with van der Waals surface area (Å²) in [6.45, 7) is -2.73. The molecule has 6 rings (SSSR count). The lowest BCUT2D eigenvalue weighted by molar-refractivity contribution is -0.150. The summed E-state index contributed by atoms with van der Waals surface area (Å²) in [6, 6.07) is 6.47. The zero-order valence-corrected chi connectivity index (χ0v) is 24.8. The second-order valence-corrected chi connectivity index (χ2v) is 15.0. The molecule has 16 heteroatoms. The third kappa shape index (κ3) is 5.50. The fourth-order valence-electron chi connectivity index (χ4n) is 5.60. The maximum Gasteiger partial charge on any atom is 0.332 e. The monoisotopic (exact) mass is 620 g/mol. The van der Waals surface area contributed by atoms with Crippen molar-refractivity contribution in [1.29, 1.82) is 0 Å². The smallest absolute Gasteiger partial charge is 0.332 e. The van der Waals surface area contributed by atoms with Crippen LogP contribution in [0.4, 0.5) is 5.95 Å². The van der Waals surface area contributed by atoms with Crippen LogP contribution in [0.15, 0.2) is 35.5 Å². The van der Waals surface area contributed by atoms with E-state index in [-0.39, 0.29) is 42.1 Å². The highest BCUT2D eigenvalue weighted by Crippen LogP contribution is 2.62. The van der Waals surface area contributed by atoms with Gasteiger partial charge in [0.1, 0.15) is 30.0 Å². The highest BCUT2D eigenvalue weighted by molar-refractivity contribution is 8.56. The van der Waals surface area contributed by atoms with Gasteiger partial charge in [0.05, 0.1) is 20.0 Å². The van der Waals surface area contributed by atoms with E-state index in [0.717, 1.165) is 42.6 Å². The molecule has 14 nitrogen and oxygen atoms in total. The second-order valence-electron chi connectivity index (χ2n) is 10.8. The number of nitrogens with one attached hydrogen (secondary N) is 1. The Bertz CT molecular complexity index is 1530. The van der Waals surface area contributed by atoms with E-state index in [1.54, 1.807) is 0 Å². The van der Waals surface area contributed by atoms with Crippen LogP contribution >= 0.6 is 18.1 Å². The molecule has 6 atom stereocenters. The van der Waals surface area contributed by atoms with Crippen LogP contribution in [0.1, 0.15) is 44.4 Å². The van der Waals surface area contributed by atoms with Crippen LogP contribution < -0.4 is 15.6 Å². The van der Waals surface area contributed by atoms with Gasteiger partial charge in [0, 0.05) is 11.3 Å². The minimum Gasteiger partial charge on any atom is -0.479 e. The normalized spacial score (nSPS) is 31.6. The van der Waals surface area contributed by atoms with E-state index in [1.165, 1.54) is 24.9 Å². The molecule has 0 amide bonds. The van der Waals surface area contributed by atoms with Crippen LogP contribution in [0, 0.1) is 0 Å². The first-order chi connectivity index (χ1) is 20.1. The van der Waals surface area contributed by atoms with Gasteiger partial charge in [-0.3, -0.25) is 13.9 Å². The van der Waals surface area contributed by atoms with Gasteiger partial charge in [-0.05, 0) is 55.6 Å². The summed E-state index contributed by atoms with van der Waals surface area (Å²) in [7, 11) is 1.42. The first kappa shape index (κ1) is 29.3. The minimum absolute atomic E-state index is 0.0741. The number of nitrogens with two attached hydrogens (primary N) is 1. The largest absolute Gasteiger partial charge is 0.479 e. The number of imidazole rings is 1. The molecule has 42 heavy (non-hydrogen) atoms. The molecule has 3 unspecified atom stereocenters. The molecule has 1 saturated carbocycles. The van der Waals surface area contributed by atoms with Gasteiger partial charge < -0.3 is 34.7 Å². The minimum atomic E-state index is -3.78. The van der Waals surface area contributed by atoms with Crippen molar-refractivity contribution in [2.75, 3.05) is 19.5 Å². The number of anilines is 1. The number of nitrogen functional groups attached to an aromatic ring is 1. The molecule has 0 spiro atoms. The number of ether oxygens (including phenoxy) is 3. The van der Waals surface area contributed by atoms with Gasteiger partial charge in [0.15, 0.2) is 17.4 Å². The predicted molar refractivity (Wildman–Crippen MR) is 152 cm³/mol. The van der Waals surface area contributed by atoms with E-state index in [2.05, 4.69) is 20.0 Å². The third-order valence-electron chi connectivity index (χ3n) is 7.81. The summed E-state index contributed by atoms with van der Waals surface area (Å²) in [4.78, 5) is 26.3. The number of methoxy groups -OCH3 is 1. The summed E-state index contributed by atoms with van der Waals surface area (Å²) < 4.78 is 38.5. The number of aliphatic hydroxyl groups is 2. The zero-order chi connectivity index (χ0) is 29.6. The van der Waals surface area contributed by atoms with Gasteiger partial charge in [0.2, 0.25) is 11.8 Å². The van der Waals surface area contributed by atoms with Crippen LogP contribution in [0.3, 0.4) is 0 Å². The SMILES string of the molecule is COc1nc(N)nc2c1ncn2[C@@H]1OC(COP2(=O)NC(C(=O)OC3CCCC3)Cc3ccccc3S2)[C@@H](O)[C@@]1(C)O. The first-order valence-corrected chi connectivity index (χ1v) is 16.7. The molecule has 4 heterocycles. The molecule has 3 aromatic rings. The van der Waals surface area contributed by atoms with Crippen LogP contribution in [0.25, 0.3) is 11.2 Å². The van der Waals surface area contributed by atoms with E-state index >= 15 is 0 Å². The van der Waals surface area contributed by atoms with E-state index < -0.39 is 42.8 Å². The Labute approximate surface area is 245 Å². The van der Waals surface area contributed by atoms with Crippen LogP contribution in [0.5, 0.6) is 5.88 Å². The summed E-state index contributed by atoms with van der Waals surface area (Å²) in [5.41, 5.74) is 5.36. The quantitative estimate of drug-likeness (QED) is 0.222. The number of carbonyl (C=O) groups excluding carboxylic acids is 1. The lowest BCUT2D eigenvalue weighted by Crippen LogP contribution is -2.44. The first-order valence-electron chi connectivity index (χ1n) is 13.7. The molecule has 1 aromatic carbocycles. The number of rotatable bonds is 7. The number of hydrogen-bond acceptors (Lipinski definition) is 13. The molecular formula is C26H33N6O8PS. The third-order valence-corrected chi connectivity index (χ3v) is 11.7. The van der Waals surface area contributed by atoms with E-state index in [4.69, 9.17) is 24.5 Å². The molecule has 226 valence electrons. The number of aromatic nitrogens is 4. The summed E-state index contributed by atoms with van der Waals surface area (Å²) in [5.74, 6) is -0.410. The van der Waals surface area contributed by atoms with E-state index in [1.807, 2.05) is 24.3 Å². The molecule has 1 saturated heterocycles. The van der Waals surface area contributed by atoms with Crippen LogP contribution in [-0.4, -0.2) is 79.4 Å². The maximum absolute atomic E-state index is 14.1. The predicted octanol–water partition coefficient (Wildman–Crippen LogP) is 2.34. The number of fused-ring (bicyclic) bond motifs is 2. The van der Waals surface area contributed by atoms with Gasteiger partial charge in [0.25, 0.3) is 0 Å². The van der Waals surface area contributed by atoms with E-state index in [0.29, 0.717) is 4.90 Å². The van der Waals surface area contributed by atoms with Crippen molar-refractivity contribution in [2.24, 2.45) is 0 Å². The Kier molecular flexibility index (Phi) is 7.94.